The van der Waals surface area contributed by atoms with Crippen LogP contribution in [0.5, 0.6) is 5.75 Å². The molecule has 25 heavy (non-hydrogen) atoms. The number of rotatable bonds is 6. The van der Waals surface area contributed by atoms with Gasteiger partial charge in [-0.05, 0) is 41.7 Å². The molecular weight excluding hydrogens is 342 g/mol. The van der Waals surface area contributed by atoms with Crippen LogP contribution < -0.4 is 10.1 Å². The highest BCUT2D eigenvalue weighted by molar-refractivity contribution is 6.31. The fourth-order valence-electron chi connectivity index (χ4n) is 2.94. The molecule has 1 amide bonds. The number of carboxylic acids is 1. The van der Waals surface area contributed by atoms with E-state index in [1.165, 1.54) is 7.11 Å². The van der Waals surface area contributed by atoms with Crippen molar-refractivity contribution in [2.75, 3.05) is 7.11 Å². The maximum Gasteiger partial charge on any atom is 0.330 e. The van der Waals surface area contributed by atoms with Crippen molar-refractivity contribution >= 4 is 23.5 Å². The average Bonchev–Trinajstić information content (AvgIpc) is 3.40. The Morgan fingerprint density at radius 3 is 2.48 bits per heavy atom. The minimum atomic E-state index is -1.10. The molecule has 0 bridgehead atoms. The van der Waals surface area contributed by atoms with Gasteiger partial charge in [-0.25, -0.2) is 4.79 Å². The van der Waals surface area contributed by atoms with E-state index in [4.69, 9.17) is 16.3 Å². The van der Waals surface area contributed by atoms with E-state index >= 15 is 0 Å². The van der Waals surface area contributed by atoms with Gasteiger partial charge >= 0.3 is 5.97 Å². The van der Waals surface area contributed by atoms with Crippen LogP contribution in [0.3, 0.4) is 0 Å². The molecule has 0 saturated heterocycles. The molecule has 0 aromatic heterocycles. The lowest BCUT2D eigenvalue weighted by Crippen LogP contribution is -2.35. The first-order chi connectivity index (χ1) is 12.0. The monoisotopic (exact) mass is 359 g/mol. The highest BCUT2D eigenvalue weighted by Crippen LogP contribution is 2.49. The average molecular weight is 360 g/mol. The Bertz CT molecular complexity index is 790. The quantitative estimate of drug-likeness (QED) is 0.828. The van der Waals surface area contributed by atoms with E-state index in [0.717, 1.165) is 5.56 Å². The van der Waals surface area contributed by atoms with Gasteiger partial charge in [-0.3, -0.25) is 4.79 Å². The number of carbonyl (C=O) groups is 2. The smallest absolute Gasteiger partial charge is 0.330 e. The summed E-state index contributed by atoms with van der Waals surface area (Å²) in [5.74, 6) is -0.958. The first kappa shape index (κ1) is 17.3. The zero-order chi connectivity index (χ0) is 18.0. The molecule has 2 aromatic carbocycles. The SMILES string of the molecule is COc1ccc(C(NC(=O)C2CC2c2ccccc2Cl)C(=O)O)cc1. The third-order valence-corrected chi connectivity index (χ3v) is 4.76. The Kier molecular flexibility index (Phi) is 4.95. The first-order valence-corrected chi connectivity index (χ1v) is 8.30. The van der Waals surface area contributed by atoms with Gasteiger partial charge in [0.1, 0.15) is 5.75 Å². The molecule has 6 heteroatoms. The van der Waals surface area contributed by atoms with Gasteiger partial charge in [0.15, 0.2) is 6.04 Å². The van der Waals surface area contributed by atoms with E-state index in [0.29, 0.717) is 22.8 Å². The summed E-state index contributed by atoms with van der Waals surface area (Å²) in [6.45, 7) is 0. The second-order valence-corrected chi connectivity index (χ2v) is 6.43. The number of amides is 1. The van der Waals surface area contributed by atoms with E-state index < -0.39 is 12.0 Å². The summed E-state index contributed by atoms with van der Waals surface area (Å²) >= 11 is 6.17. The molecule has 2 aromatic rings. The number of carboxylic acid groups (broad SMARTS) is 1. The summed E-state index contributed by atoms with van der Waals surface area (Å²) < 4.78 is 5.07. The molecule has 5 nitrogen and oxygen atoms in total. The zero-order valence-corrected chi connectivity index (χ0v) is 14.4. The van der Waals surface area contributed by atoms with E-state index in [1.54, 1.807) is 30.3 Å². The number of aliphatic carboxylic acids is 1. The number of ether oxygens (including phenoxy) is 1. The van der Waals surface area contributed by atoms with Crippen LogP contribution in [0.2, 0.25) is 5.02 Å². The lowest BCUT2D eigenvalue weighted by molar-refractivity contribution is -0.142. The molecule has 3 atom stereocenters. The summed E-state index contributed by atoms with van der Waals surface area (Å²) in [4.78, 5) is 24.0. The van der Waals surface area contributed by atoms with Crippen molar-refractivity contribution in [3.8, 4) is 5.75 Å². The molecule has 0 spiro atoms. The van der Waals surface area contributed by atoms with Crippen molar-refractivity contribution in [1.82, 2.24) is 5.32 Å². The van der Waals surface area contributed by atoms with Crippen LogP contribution in [0, 0.1) is 5.92 Å². The molecule has 0 aliphatic heterocycles. The van der Waals surface area contributed by atoms with E-state index in [-0.39, 0.29) is 17.7 Å². The van der Waals surface area contributed by atoms with Crippen molar-refractivity contribution in [3.63, 3.8) is 0 Å². The summed E-state index contributed by atoms with van der Waals surface area (Å²) in [6, 6.07) is 12.9. The third-order valence-electron chi connectivity index (χ3n) is 4.41. The lowest BCUT2D eigenvalue weighted by atomic mass is 10.1. The molecule has 3 unspecified atom stereocenters. The minimum absolute atomic E-state index is 0.0408. The summed E-state index contributed by atoms with van der Waals surface area (Å²) in [5, 5.41) is 12.7. The third kappa shape index (κ3) is 3.77. The van der Waals surface area contributed by atoms with Crippen LogP contribution in [0.15, 0.2) is 48.5 Å². The normalized spacial score (nSPS) is 19.8. The van der Waals surface area contributed by atoms with Gasteiger partial charge < -0.3 is 15.2 Å². The predicted octanol–water partition coefficient (Wildman–Crippen LogP) is 3.39. The summed E-state index contributed by atoms with van der Waals surface area (Å²) in [5.41, 5.74) is 1.43. The molecule has 1 aliphatic rings. The standard InChI is InChI=1S/C19H18ClNO4/c1-25-12-8-6-11(7-9-12)17(19(23)24)21-18(22)15-10-14(15)13-4-2-3-5-16(13)20/h2-9,14-15,17H,10H2,1H3,(H,21,22)(H,23,24). The van der Waals surface area contributed by atoms with E-state index in [9.17, 15) is 14.7 Å². The number of methoxy groups -OCH3 is 1. The van der Waals surface area contributed by atoms with Crippen LogP contribution in [0.1, 0.15) is 29.5 Å². The Labute approximate surface area is 150 Å². The molecule has 2 N–H and O–H groups in total. The molecule has 0 radical (unpaired) electrons. The number of halogens is 1. The number of hydrogen-bond donors (Lipinski definition) is 2. The molecule has 1 saturated carbocycles. The number of benzene rings is 2. The van der Waals surface area contributed by atoms with Crippen molar-refractivity contribution in [3.05, 3.63) is 64.7 Å². The maximum absolute atomic E-state index is 12.5. The van der Waals surface area contributed by atoms with E-state index in [1.807, 2.05) is 18.2 Å². The largest absolute Gasteiger partial charge is 0.497 e. The highest BCUT2D eigenvalue weighted by atomic mass is 35.5. The Balaban J connectivity index is 1.70. The van der Waals surface area contributed by atoms with Gasteiger partial charge in [0.2, 0.25) is 5.91 Å². The van der Waals surface area contributed by atoms with Crippen LogP contribution in [-0.4, -0.2) is 24.1 Å². The Hall–Kier alpha value is -2.53. The van der Waals surface area contributed by atoms with Gasteiger partial charge in [0.25, 0.3) is 0 Å². The fourth-order valence-corrected chi connectivity index (χ4v) is 3.21. The van der Waals surface area contributed by atoms with Crippen LogP contribution >= 0.6 is 11.6 Å². The highest BCUT2D eigenvalue weighted by Gasteiger charge is 2.45. The van der Waals surface area contributed by atoms with Crippen molar-refractivity contribution in [2.24, 2.45) is 5.92 Å². The molecule has 3 rings (SSSR count). The topological polar surface area (TPSA) is 75.6 Å². The molecule has 130 valence electrons. The maximum atomic E-state index is 12.5. The molecular formula is C19H18ClNO4. The second-order valence-electron chi connectivity index (χ2n) is 6.02. The van der Waals surface area contributed by atoms with Gasteiger partial charge in [0.05, 0.1) is 7.11 Å². The van der Waals surface area contributed by atoms with Gasteiger partial charge in [0, 0.05) is 10.9 Å². The van der Waals surface area contributed by atoms with Crippen molar-refractivity contribution in [1.29, 1.82) is 0 Å². The predicted molar refractivity (Wildman–Crippen MR) is 93.8 cm³/mol. The summed E-state index contributed by atoms with van der Waals surface area (Å²) in [6.07, 6.45) is 0.671. The minimum Gasteiger partial charge on any atom is -0.497 e. The number of carbonyl (C=O) groups excluding carboxylic acids is 1. The Morgan fingerprint density at radius 2 is 1.88 bits per heavy atom. The lowest BCUT2D eigenvalue weighted by Gasteiger charge is -2.15. The van der Waals surface area contributed by atoms with Gasteiger partial charge in [-0.1, -0.05) is 41.9 Å². The fraction of sp³-hybridized carbons (Fsp3) is 0.263. The molecule has 1 fully saturated rings. The van der Waals surface area contributed by atoms with Crippen molar-refractivity contribution in [2.45, 2.75) is 18.4 Å². The van der Waals surface area contributed by atoms with Gasteiger partial charge in [-0.2, -0.15) is 0 Å². The van der Waals surface area contributed by atoms with E-state index in [2.05, 4.69) is 5.32 Å². The second kappa shape index (κ2) is 7.15. The first-order valence-electron chi connectivity index (χ1n) is 7.93. The zero-order valence-electron chi connectivity index (χ0n) is 13.6. The van der Waals surface area contributed by atoms with Crippen LogP contribution in [-0.2, 0) is 9.59 Å². The molecule has 1 aliphatic carbocycles. The van der Waals surface area contributed by atoms with Crippen molar-refractivity contribution < 1.29 is 19.4 Å². The molecule has 0 heterocycles. The number of hydrogen-bond acceptors (Lipinski definition) is 3. The van der Waals surface area contributed by atoms with Crippen LogP contribution in [0.25, 0.3) is 0 Å². The van der Waals surface area contributed by atoms with Gasteiger partial charge in [-0.15, -0.1) is 0 Å². The Morgan fingerprint density at radius 1 is 1.20 bits per heavy atom. The number of nitrogens with one attached hydrogen (secondary N) is 1. The summed E-state index contributed by atoms with van der Waals surface area (Å²) in [7, 11) is 1.54. The van der Waals surface area contributed by atoms with Crippen LogP contribution in [0.4, 0.5) is 0 Å².